The third-order valence-corrected chi connectivity index (χ3v) is 2.90. The second kappa shape index (κ2) is 5.88. The van der Waals surface area contributed by atoms with Gasteiger partial charge in [0.05, 0.1) is 6.61 Å². The first-order chi connectivity index (χ1) is 8.13. The van der Waals surface area contributed by atoms with E-state index in [0.29, 0.717) is 0 Å². The molecule has 10 nitrogen and oxygen atoms in total. The number of aliphatic hydroxyl groups excluding tert-OH is 5. The quantitative estimate of drug-likeness (QED) is 0.254. The van der Waals surface area contributed by atoms with Crippen molar-refractivity contribution in [2.45, 2.75) is 36.8 Å². The summed E-state index contributed by atoms with van der Waals surface area (Å²) in [5.41, 5.74) is 0. The molecule has 0 radical (unpaired) electrons. The maximum atomic E-state index is 10.4. The molecule has 108 valence electrons. The van der Waals surface area contributed by atoms with Gasteiger partial charge in [-0.25, -0.2) is 4.57 Å². The highest BCUT2D eigenvalue weighted by Gasteiger charge is 2.46. The van der Waals surface area contributed by atoms with Crippen molar-refractivity contribution >= 4 is 7.82 Å². The molecular weight excluding hydrogens is 275 g/mol. The summed E-state index contributed by atoms with van der Waals surface area (Å²) >= 11 is 0. The molecule has 1 rings (SSSR count). The Bertz CT molecular complexity index is 317. The van der Waals surface area contributed by atoms with E-state index in [0.717, 1.165) is 0 Å². The summed E-state index contributed by atoms with van der Waals surface area (Å²) in [4.78, 5) is 16.8. The standard InChI is InChI=1S/C7H15O10P/c8-2(1-16-18(13,14)15)6-4(10)3(9)5(11)7(12)17-6/h2-12H,1H2,(H2,13,14,15)/t2-,3-,4-,5-,6+,7+/m0/s1. The van der Waals surface area contributed by atoms with Crippen LogP contribution in [0.4, 0.5) is 0 Å². The van der Waals surface area contributed by atoms with Crippen molar-refractivity contribution in [1.82, 2.24) is 0 Å². The summed E-state index contributed by atoms with van der Waals surface area (Å²) in [6.45, 7) is -0.887. The van der Waals surface area contributed by atoms with Crippen LogP contribution < -0.4 is 0 Å². The Balaban J connectivity index is 2.62. The minimum Gasteiger partial charge on any atom is -0.388 e. The highest BCUT2D eigenvalue weighted by molar-refractivity contribution is 7.46. The summed E-state index contributed by atoms with van der Waals surface area (Å²) in [5, 5.41) is 46.6. The van der Waals surface area contributed by atoms with Crippen LogP contribution in [0.25, 0.3) is 0 Å². The van der Waals surface area contributed by atoms with Gasteiger partial charge >= 0.3 is 7.82 Å². The number of phosphoric ester groups is 1. The van der Waals surface area contributed by atoms with E-state index in [1.54, 1.807) is 0 Å². The van der Waals surface area contributed by atoms with E-state index >= 15 is 0 Å². The van der Waals surface area contributed by atoms with Crippen LogP contribution in [-0.4, -0.2) is 78.7 Å². The molecule has 11 heteroatoms. The van der Waals surface area contributed by atoms with Gasteiger partial charge in [0.1, 0.15) is 30.5 Å². The van der Waals surface area contributed by atoms with Crippen LogP contribution in [0.15, 0.2) is 0 Å². The highest BCUT2D eigenvalue weighted by atomic mass is 31.2. The average Bonchev–Trinajstić information content (AvgIpc) is 2.27. The number of aliphatic hydroxyl groups is 5. The number of hydrogen-bond donors (Lipinski definition) is 7. The van der Waals surface area contributed by atoms with Gasteiger partial charge in [-0.2, -0.15) is 0 Å². The van der Waals surface area contributed by atoms with Crippen LogP contribution in [0.2, 0.25) is 0 Å². The summed E-state index contributed by atoms with van der Waals surface area (Å²) in [6.07, 6.45) is -10.4. The van der Waals surface area contributed by atoms with E-state index in [4.69, 9.17) is 20.0 Å². The van der Waals surface area contributed by atoms with Crippen molar-refractivity contribution in [2.75, 3.05) is 6.61 Å². The predicted octanol–water partition coefficient (Wildman–Crippen LogP) is -3.74. The molecule has 0 aliphatic carbocycles. The molecular formula is C7H15O10P. The smallest absolute Gasteiger partial charge is 0.388 e. The number of phosphoric acid groups is 1. The molecule has 0 amide bonds. The van der Waals surface area contributed by atoms with Gasteiger partial charge in [0.25, 0.3) is 0 Å². The zero-order valence-corrected chi connectivity index (χ0v) is 9.87. The molecule has 6 atom stereocenters. The Morgan fingerprint density at radius 3 is 2.17 bits per heavy atom. The highest BCUT2D eigenvalue weighted by Crippen LogP contribution is 2.36. The fourth-order valence-electron chi connectivity index (χ4n) is 1.47. The van der Waals surface area contributed by atoms with E-state index in [1.165, 1.54) is 0 Å². The molecule has 1 saturated heterocycles. The zero-order chi connectivity index (χ0) is 14.1. The van der Waals surface area contributed by atoms with Crippen LogP contribution in [0.5, 0.6) is 0 Å². The molecule has 0 aromatic rings. The Kier molecular flexibility index (Phi) is 5.21. The third kappa shape index (κ3) is 3.93. The first-order valence-electron chi connectivity index (χ1n) is 4.89. The minimum atomic E-state index is -4.80. The Hall–Kier alpha value is -0.130. The number of rotatable bonds is 4. The summed E-state index contributed by atoms with van der Waals surface area (Å²) < 4.78 is 19.0. The van der Waals surface area contributed by atoms with Gasteiger partial charge in [-0.05, 0) is 0 Å². The second-order valence-corrected chi connectivity index (χ2v) is 5.06. The van der Waals surface area contributed by atoms with Crippen molar-refractivity contribution in [2.24, 2.45) is 0 Å². The van der Waals surface area contributed by atoms with Crippen LogP contribution >= 0.6 is 7.82 Å². The average molecular weight is 290 g/mol. The lowest BCUT2D eigenvalue weighted by molar-refractivity contribution is -0.298. The molecule has 1 aliphatic rings. The van der Waals surface area contributed by atoms with Crippen molar-refractivity contribution in [3.8, 4) is 0 Å². The molecule has 0 bridgehead atoms. The summed E-state index contributed by atoms with van der Waals surface area (Å²) in [7, 11) is -4.80. The summed E-state index contributed by atoms with van der Waals surface area (Å²) in [6, 6.07) is 0. The molecule has 0 saturated carbocycles. The fraction of sp³-hybridized carbons (Fsp3) is 1.00. The van der Waals surface area contributed by atoms with Crippen LogP contribution in [0, 0.1) is 0 Å². The number of ether oxygens (including phenoxy) is 1. The van der Waals surface area contributed by atoms with Gasteiger partial charge in [-0.15, -0.1) is 0 Å². The molecule has 18 heavy (non-hydrogen) atoms. The van der Waals surface area contributed by atoms with Gasteiger partial charge < -0.3 is 40.1 Å². The number of hydrogen-bond acceptors (Lipinski definition) is 8. The van der Waals surface area contributed by atoms with E-state index in [2.05, 4.69) is 9.26 Å². The SMILES string of the molecule is O=P(O)(O)OC[C@H](O)[C@H]1O[C@@H](O)[C@@H](O)[C@@H](O)[C@@H]1O. The normalized spacial score (nSPS) is 39.6. The molecule has 0 unspecified atom stereocenters. The maximum absolute atomic E-state index is 10.4. The van der Waals surface area contributed by atoms with Gasteiger partial charge in [-0.1, -0.05) is 0 Å². The van der Waals surface area contributed by atoms with E-state index < -0.39 is 51.2 Å². The van der Waals surface area contributed by atoms with E-state index in [-0.39, 0.29) is 0 Å². The van der Waals surface area contributed by atoms with E-state index in [9.17, 15) is 19.9 Å². The van der Waals surface area contributed by atoms with Gasteiger partial charge in [-0.3, -0.25) is 4.52 Å². The minimum absolute atomic E-state index is 0.887. The zero-order valence-electron chi connectivity index (χ0n) is 8.97. The van der Waals surface area contributed by atoms with Crippen LogP contribution in [0.1, 0.15) is 0 Å². The topological polar surface area (TPSA) is 177 Å². The largest absolute Gasteiger partial charge is 0.469 e. The molecule has 7 N–H and O–H groups in total. The van der Waals surface area contributed by atoms with Crippen molar-refractivity contribution in [1.29, 1.82) is 0 Å². The molecule has 0 aromatic heterocycles. The third-order valence-electron chi connectivity index (χ3n) is 2.42. The second-order valence-electron chi connectivity index (χ2n) is 3.82. The van der Waals surface area contributed by atoms with Crippen molar-refractivity contribution in [3.05, 3.63) is 0 Å². The Labute approximate surface area is 101 Å². The van der Waals surface area contributed by atoms with E-state index in [1.807, 2.05) is 0 Å². The van der Waals surface area contributed by atoms with Crippen LogP contribution in [0.3, 0.4) is 0 Å². The Morgan fingerprint density at radius 2 is 1.67 bits per heavy atom. The molecule has 1 fully saturated rings. The lowest BCUT2D eigenvalue weighted by atomic mass is 9.96. The predicted molar refractivity (Wildman–Crippen MR) is 52.9 cm³/mol. The van der Waals surface area contributed by atoms with Gasteiger partial charge in [0, 0.05) is 0 Å². The first-order valence-corrected chi connectivity index (χ1v) is 6.42. The monoisotopic (exact) mass is 290 g/mol. The Morgan fingerprint density at radius 1 is 1.11 bits per heavy atom. The van der Waals surface area contributed by atoms with Crippen LogP contribution in [-0.2, 0) is 13.8 Å². The fourth-order valence-corrected chi connectivity index (χ4v) is 1.82. The molecule has 0 spiro atoms. The van der Waals surface area contributed by atoms with Crippen molar-refractivity contribution < 1.29 is 49.1 Å². The molecule has 1 aliphatic heterocycles. The van der Waals surface area contributed by atoms with Crippen molar-refractivity contribution in [3.63, 3.8) is 0 Å². The van der Waals surface area contributed by atoms with Gasteiger partial charge in [0.15, 0.2) is 6.29 Å². The maximum Gasteiger partial charge on any atom is 0.469 e. The lowest BCUT2D eigenvalue weighted by Gasteiger charge is -2.40. The molecule has 0 aromatic carbocycles. The first kappa shape index (κ1) is 15.9. The lowest BCUT2D eigenvalue weighted by Crippen LogP contribution is -2.61. The van der Waals surface area contributed by atoms with Gasteiger partial charge in [0.2, 0.25) is 0 Å². The molecule has 1 heterocycles. The summed E-state index contributed by atoms with van der Waals surface area (Å²) in [5.74, 6) is 0.